The van der Waals surface area contributed by atoms with Crippen molar-refractivity contribution in [1.82, 2.24) is 29.5 Å². The van der Waals surface area contributed by atoms with Crippen molar-refractivity contribution < 1.29 is 14.3 Å². The number of fused-ring (bicyclic) bond motifs is 2. The van der Waals surface area contributed by atoms with Gasteiger partial charge in [-0.25, -0.2) is 14.5 Å². The fourth-order valence-electron chi connectivity index (χ4n) is 3.18. The zero-order valence-electron chi connectivity index (χ0n) is 14.4. The maximum absolute atomic E-state index is 11.4. The fraction of sp³-hybridized carbons (Fsp3) is 0.0556. The van der Waals surface area contributed by atoms with E-state index in [9.17, 15) is 9.90 Å². The van der Waals surface area contributed by atoms with Crippen LogP contribution >= 0.6 is 0 Å². The van der Waals surface area contributed by atoms with Gasteiger partial charge in [0, 0.05) is 11.6 Å². The van der Waals surface area contributed by atoms with Crippen LogP contribution < -0.4 is 5.73 Å². The molecule has 28 heavy (non-hydrogen) atoms. The molecule has 0 bridgehead atoms. The summed E-state index contributed by atoms with van der Waals surface area (Å²) in [6, 6.07) is 10.8. The minimum absolute atomic E-state index is 0.0812. The summed E-state index contributed by atoms with van der Waals surface area (Å²) in [6.07, 6.45) is 2.02. The molecule has 0 saturated carbocycles. The number of carboxylic acid groups (broad SMARTS) is 1. The highest BCUT2D eigenvalue weighted by Crippen LogP contribution is 2.26. The van der Waals surface area contributed by atoms with Crippen LogP contribution in [0.15, 0.2) is 53.3 Å². The van der Waals surface area contributed by atoms with Crippen molar-refractivity contribution in [3.8, 4) is 11.5 Å². The third kappa shape index (κ3) is 2.47. The van der Waals surface area contributed by atoms with Crippen LogP contribution in [-0.2, 0) is 6.54 Å². The van der Waals surface area contributed by atoms with Crippen LogP contribution in [0.2, 0.25) is 0 Å². The van der Waals surface area contributed by atoms with Gasteiger partial charge in [0.2, 0.25) is 5.95 Å². The molecular weight excluding hydrogens is 362 g/mol. The van der Waals surface area contributed by atoms with Crippen molar-refractivity contribution in [3.05, 3.63) is 54.4 Å². The molecule has 0 radical (unpaired) electrons. The molecule has 4 aromatic heterocycles. The van der Waals surface area contributed by atoms with Gasteiger partial charge in [0.25, 0.3) is 0 Å². The first-order valence-corrected chi connectivity index (χ1v) is 8.34. The minimum Gasteiger partial charge on any atom is -0.464 e. The van der Waals surface area contributed by atoms with E-state index in [1.54, 1.807) is 28.9 Å². The van der Waals surface area contributed by atoms with Crippen LogP contribution in [-0.4, -0.2) is 40.7 Å². The Morgan fingerprint density at radius 2 is 2.11 bits per heavy atom. The van der Waals surface area contributed by atoms with Crippen LogP contribution in [0.25, 0.3) is 33.5 Å². The number of aromatic nitrogens is 6. The smallest absolute Gasteiger partial charge is 0.415 e. The quantitative estimate of drug-likeness (QED) is 0.491. The Bertz CT molecular complexity index is 1330. The van der Waals surface area contributed by atoms with Crippen LogP contribution in [0, 0.1) is 0 Å². The average molecular weight is 375 g/mol. The predicted molar refractivity (Wildman–Crippen MR) is 99.7 cm³/mol. The van der Waals surface area contributed by atoms with Crippen molar-refractivity contribution in [1.29, 1.82) is 0 Å². The molecule has 0 fully saturated rings. The molecule has 138 valence electrons. The molecule has 0 aliphatic rings. The first kappa shape index (κ1) is 16.0. The molecule has 3 N–H and O–H groups in total. The lowest BCUT2D eigenvalue weighted by atomic mass is 10.1. The SMILES string of the molecule is Nc1nc(-c2ccco2)c2nnn(Cc3ccc4ccn(C(=O)O)c4c3)c2n1. The van der Waals surface area contributed by atoms with Gasteiger partial charge in [0.05, 0.1) is 18.3 Å². The molecule has 0 aliphatic heterocycles. The first-order chi connectivity index (χ1) is 13.6. The lowest BCUT2D eigenvalue weighted by Gasteiger charge is -2.05. The summed E-state index contributed by atoms with van der Waals surface area (Å²) < 4.78 is 8.17. The van der Waals surface area contributed by atoms with E-state index in [2.05, 4.69) is 20.3 Å². The molecule has 5 rings (SSSR count). The number of nitrogens with two attached hydrogens (primary N) is 1. The third-order valence-corrected chi connectivity index (χ3v) is 4.43. The summed E-state index contributed by atoms with van der Waals surface area (Å²) in [4.78, 5) is 19.8. The number of hydrogen-bond donors (Lipinski definition) is 2. The van der Waals surface area contributed by atoms with Gasteiger partial charge >= 0.3 is 6.09 Å². The number of benzene rings is 1. The Balaban J connectivity index is 1.60. The van der Waals surface area contributed by atoms with Gasteiger partial charge in [-0.1, -0.05) is 17.3 Å². The maximum Gasteiger partial charge on any atom is 0.415 e. The summed E-state index contributed by atoms with van der Waals surface area (Å²) in [5, 5.41) is 18.5. The molecule has 10 nitrogen and oxygen atoms in total. The lowest BCUT2D eigenvalue weighted by Crippen LogP contribution is -2.07. The molecular formula is C18H13N7O3. The van der Waals surface area contributed by atoms with Gasteiger partial charge in [0.1, 0.15) is 5.69 Å². The van der Waals surface area contributed by atoms with E-state index in [1.165, 1.54) is 17.0 Å². The van der Waals surface area contributed by atoms with E-state index in [0.717, 1.165) is 10.9 Å². The van der Waals surface area contributed by atoms with E-state index in [-0.39, 0.29) is 5.95 Å². The topological polar surface area (TPSA) is 138 Å². The Kier molecular flexibility index (Phi) is 3.38. The van der Waals surface area contributed by atoms with Crippen molar-refractivity contribution in [2.75, 3.05) is 5.73 Å². The molecule has 0 saturated heterocycles. The minimum atomic E-state index is -1.04. The average Bonchev–Trinajstić information content (AvgIpc) is 3.41. The third-order valence-electron chi connectivity index (χ3n) is 4.43. The molecule has 0 atom stereocenters. The van der Waals surface area contributed by atoms with Crippen LogP contribution in [0.4, 0.5) is 10.7 Å². The number of hydrogen-bond acceptors (Lipinski definition) is 7. The Labute approximate surface area is 156 Å². The molecule has 0 spiro atoms. The van der Waals surface area contributed by atoms with Crippen molar-refractivity contribution in [2.24, 2.45) is 0 Å². The van der Waals surface area contributed by atoms with Crippen molar-refractivity contribution in [3.63, 3.8) is 0 Å². The van der Waals surface area contributed by atoms with Crippen molar-refractivity contribution in [2.45, 2.75) is 6.54 Å². The highest BCUT2D eigenvalue weighted by Gasteiger charge is 2.17. The molecule has 5 aromatic rings. The van der Waals surface area contributed by atoms with Gasteiger partial charge in [-0.2, -0.15) is 4.98 Å². The Hall–Kier alpha value is -4.21. The number of nitrogen functional groups attached to an aromatic ring is 1. The molecule has 0 aliphatic carbocycles. The monoisotopic (exact) mass is 375 g/mol. The summed E-state index contributed by atoms with van der Waals surface area (Å²) in [5.41, 5.74) is 8.71. The van der Waals surface area contributed by atoms with Gasteiger partial charge in [-0.15, -0.1) is 5.10 Å². The zero-order chi connectivity index (χ0) is 19.3. The second-order valence-corrected chi connectivity index (χ2v) is 6.19. The molecule has 4 heterocycles. The van der Waals surface area contributed by atoms with Crippen LogP contribution in [0.3, 0.4) is 0 Å². The van der Waals surface area contributed by atoms with E-state index in [4.69, 9.17) is 10.2 Å². The second kappa shape index (κ2) is 5.91. The van der Waals surface area contributed by atoms with Gasteiger partial charge in [0.15, 0.2) is 16.9 Å². The van der Waals surface area contributed by atoms with E-state index < -0.39 is 6.09 Å². The van der Waals surface area contributed by atoms with E-state index in [1.807, 2.05) is 12.1 Å². The summed E-state index contributed by atoms with van der Waals surface area (Å²) in [6.45, 7) is 0.339. The van der Waals surface area contributed by atoms with E-state index in [0.29, 0.717) is 34.7 Å². The molecule has 0 amide bonds. The fourth-order valence-corrected chi connectivity index (χ4v) is 3.18. The maximum atomic E-state index is 11.4. The summed E-state index contributed by atoms with van der Waals surface area (Å²) in [7, 11) is 0. The van der Waals surface area contributed by atoms with Crippen molar-refractivity contribution >= 4 is 34.1 Å². The molecule has 0 unspecified atom stereocenters. The van der Waals surface area contributed by atoms with E-state index >= 15 is 0 Å². The number of nitrogens with zero attached hydrogens (tertiary/aromatic N) is 6. The van der Waals surface area contributed by atoms with Gasteiger partial charge in [-0.3, -0.25) is 4.57 Å². The number of anilines is 1. The van der Waals surface area contributed by atoms with Crippen LogP contribution in [0.1, 0.15) is 5.56 Å². The first-order valence-electron chi connectivity index (χ1n) is 8.34. The van der Waals surface area contributed by atoms with Gasteiger partial charge < -0.3 is 15.3 Å². The normalized spacial score (nSPS) is 11.4. The number of furan rings is 1. The Morgan fingerprint density at radius 3 is 2.89 bits per heavy atom. The lowest BCUT2D eigenvalue weighted by molar-refractivity contribution is 0.197. The summed E-state index contributed by atoms with van der Waals surface area (Å²) >= 11 is 0. The zero-order valence-corrected chi connectivity index (χ0v) is 14.4. The largest absolute Gasteiger partial charge is 0.464 e. The highest BCUT2D eigenvalue weighted by atomic mass is 16.4. The Morgan fingerprint density at radius 1 is 1.21 bits per heavy atom. The molecule has 1 aromatic carbocycles. The van der Waals surface area contributed by atoms with Gasteiger partial charge in [-0.05, 0) is 29.8 Å². The highest BCUT2D eigenvalue weighted by molar-refractivity contribution is 5.89. The number of rotatable bonds is 3. The second-order valence-electron chi connectivity index (χ2n) is 6.19. The molecule has 10 heteroatoms. The predicted octanol–water partition coefficient (Wildman–Crippen LogP) is 2.59. The number of carbonyl (C=O) groups is 1. The summed E-state index contributed by atoms with van der Waals surface area (Å²) in [5.74, 6) is 0.601. The van der Waals surface area contributed by atoms with Crippen LogP contribution in [0.5, 0.6) is 0 Å². The standard InChI is InChI=1S/C18H13N7O3/c19-17-20-14(13-2-1-7-28-13)15-16(21-17)25(23-22-15)9-10-3-4-11-5-6-24(18(26)27)12(11)8-10/h1-8H,9H2,(H,26,27)(H2,19,20,21).